The highest BCUT2D eigenvalue weighted by molar-refractivity contribution is 7.99. The fourth-order valence-electron chi connectivity index (χ4n) is 3.06. The number of carbonyl (C=O) groups excluding carboxylic acids is 2. The Morgan fingerprint density at radius 2 is 1.90 bits per heavy atom. The molecule has 0 bridgehead atoms. The van der Waals surface area contributed by atoms with Crippen LogP contribution in [0.15, 0.2) is 34.2 Å². The van der Waals surface area contributed by atoms with E-state index in [2.05, 4.69) is 29.5 Å². The molecule has 0 saturated carbocycles. The molecule has 1 aromatic carbocycles. The van der Waals surface area contributed by atoms with Crippen LogP contribution in [0.5, 0.6) is 0 Å². The lowest BCUT2D eigenvalue weighted by atomic mass is 10.0. The summed E-state index contributed by atoms with van der Waals surface area (Å²) >= 11 is 1.17. The second kappa shape index (κ2) is 11.0. The number of para-hydroxylation sites is 1. The summed E-state index contributed by atoms with van der Waals surface area (Å²) in [5.74, 6) is 0.184. The van der Waals surface area contributed by atoms with Crippen molar-refractivity contribution in [1.29, 1.82) is 0 Å². The summed E-state index contributed by atoms with van der Waals surface area (Å²) in [4.78, 5) is 41.4. The Morgan fingerprint density at radius 1 is 1.17 bits per heavy atom. The van der Waals surface area contributed by atoms with Gasteiger partial charge in [0.1, 0.15) is 0 Å². The van der Waals surface area contributed by atoms with Gasteiger partial charge in [0.25, 0.3) is 5.56 Å². The molecule has 1 aromatic heterocycles. The zero-order valence-corrected chi connectivity index (χ0v) is 18.3. The van der Waals surface area contributed by atoms with Crippen molar-refractivity contribution in [3.63, 3.8) is 0 Å². The van der Waals surface area contributed by atoms with E-state index >= 15 is 0 Å². The van der Waals surface area contributed by atoms with Crippen molar-refractivity contribution in [3.05, 3.63) is 34.6 Å². The topological polar surface area (TPSA) is 93.1 Å². The smallest absolute Gasteiger partial charge is 0.321 e. The number of hydrogen-bond acceptors (Lipinski definition) is 5. The highest BCUT2D eigenvalue weighted by Crippen LogP contribution is 2.24. The summed E-state index contributed by atoms with van der Waals surface area (Å²) in [5.41, 5.74) is 0.508. The maximum absolute atomic E-state index is 13.1. The predicted octanol–water partition coefficient (Wildman–Crippen LogP) is 3.72. The first-order valence-corrected chi connectivity index (χ1v) is 11.0. The number of fused-ring (bicyclic) bond motifs is 1. The van der Waals surface area contributed by atoms with E-state index in [-0.39, 0.29) is 17.4 Å². The van der Waals surface area contributed by atoms with Gasteiger partial charge in [0.2, 0.25) is 5.91 Å². The van der Waals surface area contributed by atoms with Crippen molar-refractivity contribution < 1.29 is 9.59 Å². The summed E-state index contributed by atoms with van der Waals surface area (Å²) < 4.78 is 1.69. The Balaban J connectivity index is 2.25. The molecule has 0 aliphatic carbocycles. The van der Waals surface area contributed by atoms with Crippen molar-refractivity contribution >= 4 is 34.6 Å². The van der Waals surface area contributed by atoms with E-state index in [1.165, 1.54) is 11.8 Å². The molecule has 1 heterocycles. The van der Waals surface area contributed by atoms with Gasteiger partial charge in [0, 0.05) is 12.6 Å². The summed E-state index contributed by atoms with van der Waals surface area (Å²) in [7, 11) is 0. The van der Waals surface area contributed by atoms with E-state index in [0.29, 0.717) is 28.5 Å². The van der Waals surface area contributed by atoms with Gasteiger partial charge < -0.3 is 5.32 Å². The quantitative estimate of drug-likeness (QED) is 0.478. The molecule has 1 atom stereocenters. The number of hydrogen-bond donors (Lipinski definition) is 2. The number of rotatable bonds is 9. The van der Waals surface area contributed by atoms with Gasteiger partial charge >= 0.3 is 6.03 Å². The number of carbonyl (C=O) groups is 2. The Kier molecular flexibility index (Phi) is 8.70. The highest BCUT2D eigenvalue weighted by Gasteiger charge is 2.18. The minimum atomic E-state index is -0.524. The van der Waals surface area contributed by atoms with Crippen LogP contribution < -0.4 is 16.2 Å². The van der Waals surface area contributed by atoms with E-state index in [1.54, 1.807) is 23.6 Å². The molecule has 7 nitrogen and oxygen atoms in total. The monoisotopic (exact) mass is 418 g/mol. The van der Waals surface area contributed by atoms with E-state index < -0.39 is 11.9 Å². The van der Waals surface area contributed by atoms with Crippen LogP contribution in [0.2, 0.25) is 0 Å². The molecule has 2 rings (SSSR count). The minimum Gasteiger partial charge on any atom is -0.338 e. The van der Waals surface area contributed by atoms with Gasteiger partial charge in [-0.1, -0.05) is 50.6 Å². The number of amides is 3. The van der Waals surface area contributed by atoms with Crippen molar-refractivity contribution in [2.75, 3.05) is 12.3 Å². The number of thioether (sulfide) groups is 1. The highest BCUT2D eigenvalue weighted by atomic mass is 32.2. The fraction of sp³-hybridized carbons (Fsp3) is 0.524. The third-order valence-electron chi connectivity index (χ3n) is 4.54. The predicted molar refractivity (Wildman–Crippen MR) is 117 cm³/mol. The van der Waals surface area contributed by atoms with Crippen LogP contribution in [0.25, 0.3) is 10.9 Å². The standard InChI is InChI=1S/C21H30N4O3S/c1-5-22-20(28)24-18(26)13-29-21-23-17-12-7-6-11-16(17)19(27)25(21)15(4)10-8-9-14(2)3/h6-7,11-12,14-15H,5,8-10,13H2,1-4H3,(H2,22,24,26,28)/t15-/m0/s1. The van der Waals surface area contributed by atoms with Gasteiger partial charge in [0.05, 0.1) is 16.7 Å². The zero-order chi connectivity index (χ0) is 21.4. The van der Waals surface area contributed by atoms with Crippen LogP contribution >= 0.6 is 11.8 Å². The third kappa shape index (κ3) is 6.59. The summed E-state index contributed by atoms with van der Waals surface area (Å²) in [5, 5.41) is 5.86. The van der Waals surface area contributed by atoms with E-state index in [0.717, 1.165) is 19.3 Å². The number of benzene rings is 1. The van der Waals surface area contributed by atoms with Crippen molar-refractivity contribution in [2.45, 2.75) is 58.2 Å². The molecule has 0 spiro atoms. The molecule has 0 aliphatic heterocycles. The van der Waals surface area contributed by atoms with Crippen LogP contribution in [0.3, 0.4) is 0 Å². The second-order valence-electron chi connectivity index (χ2n) is 7.46. The second-order valence-corrected chi connectivity index (χ2v) is 8.40. The number of urea groups is 1. The first-order valence-electron chi connectivity index (χ1n) is 10.0. The molecule has 158 valence electrons. The Labute approximate surface area is 175 Å². The molecule has 2 N–H and O–H groups in total. The Bertz CT molecular complexity index is 910. The van der Waals surface area contributed by atoms with E-state index in [1.807, 2.05) is 19.1 Å². The lowest BCUT2D eigenvalue weighted by Crippen LogP contribution is -2.40. The van der Waals surface area contributed by atoms with Crippen molar-refractivity contribution in [1.82, 2.24) is 20.2 Å². The van der Waals surface area contributed by atoms with Crippen LogP contribution in [-0.2, 0) is 4.79 Å². The van der Waals surface area contributed by atoms with Crippen LogP contribution in [0.1, 0.15) is 53.0 Å². The Morgan fingerprint density at radius 3 is 2.59 bits per heavy atom. The molecule has 0 radical (unpaired) electrons. The van der Waals surface area contributed by atoms with E-state index in [4.69, 9.17) is 0 Å². The normalized spacial score (nSPS) is 12.2. The van der Waals surface area contributed by atoms with Crippen LogP contribution in [0, 0.1) is 5.92 Å². The maximum Gasteiger partial charge on any atom is 0.321 e. The van der Waals surface area contributed by atoms with Gasteiger partial charge in [-0.25, -0.2) is 9.78 Å². The minimum absolute atomic E-state index is 0.000624. The number of nitrogens with one attached hydrogen (secondary N) is 2. The van der Waals surface area contributed by atoms with Gasteiger partial charge in [-0.2, -0.15) is 0 Å². The van der Waals surface area contributed by atoms with Gasteiger partial charge in [-0.05, 0) is 38.3 Å². The largest absolute Gasteiger partial charge is 0.338 e. The molecule has 8 heteroatoms. The Hall–Kier alpha value is -2.35. The number of imide groups is 1. The average molecular weight is 419 g/mol. The van der Waals surface area contributed by atoms with Crippen molar-refractivity contribution in [3.8, 4) is 0 Å². The molecule has 0 aliphatic rings. The summed E-state index contributed by atoms with van der Waals surface area (Å²) in [6.07, 6.45) is 2.97. The van der Waals surface area contributed by atoms with Crippen LogP contribution in [0.4, 0.5) is 4.79 Å². The first-order chi connectivity index (χ1) is 13.8. The number of nitrogens with zero attached hydrogens (tertiary/aromatic N) is 2. The summed E-state index contributed by atoms with van der Waals surface area (Å²) in [6.45, 7) is 8.59. The molecule has 2 aromatic rings. The fourth-order valence-corrected chi connectivity index (χ4v) is 3.96. The van der Waals surface area contributed by atoms with Gasteiger partial charge in [-0.3, -0.25) is 19.5 Å². The molecule has 0 fully saturated rings. The van der Waals surface area contributed by atoms with Crippen LogP contribution in [-0.4, -0.2) is 33.8 Å². The molecular formula is C21H30N4O3S. The lowest BCUT2D eigenvalue weighted by Gasteiger charge is -2.20. The lowest BCUT2D eigenvalue weighted by molar-refractivity contribution is -0.117. The molecule has 29 heavy (non-hydrogen) atoms. The molecular weight excluding hydrogens is 388 g/mol. The SMILES string of the molecule is CCNC(=O)NC(=O)CSc1nc2ccccc2c(=O)n1[C@@H](C)CCCC(C)C. The first kappa shape index (κ1) is 22.9. The number of aromatic nitrogens is 2. The molecule has 3 amide bonds. The maximum atomic E-state index is 13.1. The summed E-state index contributed by atoms with van der Waals surface area (Å²) in [6, 6.07) is 6.67. The zero-order valence-electron chi connectivity index (χ0n) is 17.5. The van der Waals surface area contributed by atoms with Gasteiger partial charge in [0.15, 0.2) is 5.16 Å². The van der Waals surface area contributed by atoms with Gasteiger partial charge in [-0.15, -0.1) is 0 Å². The molecule has 0 saturated heterocycles. The van der Waals surface area contributed by atoms with E-state index in [9.17, 15) is 14.4 Å². The third-order valence-corrected chi connectivity index (χ3v) is 5.49. The molecule has 0 unspecified atom stereocenters. The average Bonchev–Trinajstić information content (AvgIpc) is 2.66. The van der Waals surface area contributed by atoms with Crippen molar-refractivity contribution in [2.24, 2.45) is 5.92 Å².